The van der Waals surface area contributed by atoms with Gasteiger partial charge in [-0.05, 0) is 26.0 Å². The Balaban J connectivity index is 1.98. The van der Waals surface area contributed by atoms with Gasteiger partial charge in [0.15, 0.2) is 11.2 Å². The molecule has 21 heavy (non-hydrogen) atoms. The molecule has 0 aliphatic heterocycles. The van der Waals surface area contributed by atoms with Crippen LogP contribution in [0.5, 0.6) is 0 Å². The van der Waals surface area contributed by atoms with Crippen molar-refractivity contribution in [1.29, 1.82) is 0 Å². The number of carbonyl (C=O) groups excluding carboxylic acids is 1. The van der Waals surface area contributed by atoms with Crippen LogP contribution in [-0.4, -0.2) is 16.1 Å². The molecular formula is C14H11N3O3S. The second-order valence-electron chi connectivity index (χ2n) is 4.55. The largest absolute Gasteiger partial charge is 0.451 e. The number of rotatable bonds is 2. The van der Waals surface area contributed by atoms with Gasteiger partial charge >= 0.3 is 0 Å². The van der Waals surface area contributed by atoms with E-state index in [-0.39, 0.29) is 11.2 Å². The Morgan fingerprint density at radius 3 is 2.76 bits per heavy atom. The van der Waals surface area contributed by atoms with Crippen LogP contribution in [0.1, 0.15) is 21.1 Å². The number of fused-ring (bicyclic) bond motifs is 1. The number of nitrogens with zero attached hydrogens (tertiary/aromatic N) is 2. The first-order valence-corrected chi connectivity index (χ1v) is 7.00. The molecule has 6 nitrogen and oxygen atoms in total. The molecule has 106 valence electrons. The monoisotopic (exact) mass is 301 g/mol. The van der Waals surface area contributed by atoms with Crippen LogP contribution in [0.2, 0.25) is 0 Å². The Morgan fingerprint density at radius 1 is 1.24 bits per heavy atom. The third kappa shape index (κ3) is 2.68. The van der Waals surface area contributed by atoms with Crippen LogP contribution in [0.15, 0.2) is 33.5 Å². The minimum atomic E-state index is -0.522. The van der Waals surface area contributed by atoms with E-state index in [1.807, 2.05) is 13.0 Å². The number of benzene rings is 1. The summed E-state index contributed by atoms with van der Waals surface area (Å²) in [5.41, 5.74) is 1.08. The Kier molecular flexibility index (Phi) is 3.26. The molecule has 0 unspecified atom stereocenters. The molecule has 0 fully saturated rings. The smallest absolute Gasteiger partial charge is 0.293 e. The average Bonchev–Trinajstić information content (AvgIpc) is 2.84. The fraction of sp³-hybridized carbons (Fsp3) is 0.143. The highest BCUT2D eigenvalue weighted by molar-refractivity contribution is 7.15. The fourth-order valence-corrected chi connectivity index (χ4v) is 2.47. The number of amides is 1. The van der Waals surface area contributed by atoms with E-state index in [1.165, 1.54) is 17.4 Å². The van der Waals surface area contributed by atoms with Crippen LogP contribution in [-0.2, 0) is 0 Å². The first-order chi connectivity index (χ1) is 10.0. The molecule has 1 N–H and O–H groups in total. The van der Waals surface area contributed by atoms with E-state index >= 15 is 0 Å². The summed E-state index contributed by atoms with van der Waals surface area (Å²) in [5, 5.41) is 11.7. The Labute approximate surface area is 123 Å². The summed E-state index contributed by atoms with van der Waals surface area (Å²) in [4.78, 5) is 24.1. The van der Waals surface area contributed by atoms with Gasteiger partial charge in [0.1, 0.15) is 10.6 Å². The summed E-state index contributed by atoms with van der Waals surface area (Å²) in [6.45, 7) is 3.67. The van der Waals surface area contributed by atoms with Crippen molar-refractivity contribution < 1.29 is 9.21 Å². The molecule has 0 aliphatic rings. The zero-order valence-electron chi connectivity index (χ0n) is 11.3. The van der Waals surface area contributed by atoms with Gasteiger partial charge in [-0.3, -0.25) is 14.9 Å². The molecule has 3 aromatic rings. The molecule has 7 heteroatoms. The molecule has 0 atom stereocenters. The van der Waals surface area contributed by atoms with E-state index in [0.717, 1.165) is 10.6 Å². The molecular weight excluding hydrogens is 290 g/mol. The lowest BCUT2D eigenvalue weighted by atomic mass is 10.1. The number of hydrogen-bond acceptors (Lipinski definition) is 6. The molecule has 0 saturated carbocycles. The number of anilines is 1. The molecule has 2 heterocycles. The SMILES string of the molecule is Cc1ccc2oc(C(=O)Nc3nnc(C)s3)cc(=O)c2c1. The second kappa shape index (κ2) is 5.10. The summed E-state index contributed by atoms with van der Waals surface area (Å²) in [6, 6.07) is 6.42. The normalized spacial score (nSPS) is 10.8. The summed E-state index contributed by atoms with van der Waals surface area (Å²) >= 11 is 1.25. The predicted molar refractivity (Wildman–Crippen MR) is 79.8 cm³/mol. The topological polar surface area (TPSA) is 85.1 Å². The zero-order valence-corrected chi connectivity index (χ0v) is 12.2. The van der Waals surface area contributed by atoms with E-state index in [4.69, 9.17) is 4.42 Å². The van der Waals surface area contributed by atoms with Gasteiger partial charge in [0.05, 0.1) is 5.39 Å². The third-order valence-corrected chi connectivity index (χ3v) is 3.61. The van der Waals surface area contributed by atoms with Crippen molar-refractivity contribution in [2.45, 2.75) is 13.8 Å². The predicted octanol–water partition coefficient (Wildman–Crippen LogP) is 2.51. The van der Waals surface area contributed by atoms with Crippen LogP contribution in [0, 0.1) is 13.8 Å². The quantitative estimate of drug-likeness (QED) is 0.786. The van der Waals surface area contributed by atoms with E-state index < -0.39 is 5.91 Å². The van der Waals surface area contributed by atoms with Gasteiger partial charge in [-0.2, -0.15) is 0 Å². The van der Waals surface area contributed by atoms with Crippen molar-refractivity contribution in [1.82, 2.24) is 10.2 Å². The number of aromatic nitrogens is 2. The van der Waals surface area contributed by atoms with Crippen molar-refractivity contribution in [3.05, 3.63) is 50.8 Å². The third-order valence-electron chi connectivity index (χ3n) is 2.85. The molecule has 1 amide bonds. The van der Waals surface area contributed by atoms with Crippen LogP contribution < -0.4 is 10.7 Å². The first kappa shape index (κ1) is 13.4. The molecule has 1 aromatic carbocycles. The number of carbonyl (C=O) groups is 1. The van der Waals surface area contributed by atoms with Gasteiger partial charge in [0.2, 0.25) is 5.13 Å². The lowest BCUT2D eigenvalue weighted by molar-refractivity contribution is 0.0997. The van der Waals surface area contributed by atoms with Crippen LogP contribution >= 0.6 is 11.3 Å². The van der Waals surface area contributed by atoms with Gasteiger partial charge in [0, 0.05) is 6.07 Å². The van der Waals surface area contributed by atoms with Crippen molar-refractivity contribution in [3.8, 4) is 0 Å². The van der Waals surface area contributed by atoms with Crippen LogP contribution in [0.3, 0.4) is 0 Å². The Bertz CT molecular complexity index is 898. The average molecular weight is 301 g/mol. The molecule has 0 saturated heterocycles. The van der Waals surface area contributed by atoms with E-state index in [1.54, 1.807) is 19.1 Å². The Morgan fingerprint density at radius 2 is 2.05 bits per heavy atom. The number of aryl methyl sites for hydroxylation is 2. The van der Waals surface area contributed by atoms with Crippen LogP contribution in [0.25, 0.3) is 11.0 Å². The molecule has 0 radical (unpaired) electrons. The van der Waals surface area contributed by atoms with Crippen LogP contribution in [0.4, 0.5) is 5.13 Å². The second-order valence-corrected chi connectivity index (χ2v) is 5.74. The fourth-order valence-electron chi connectivity index (χ4n) is 1.89. The summed E-state index contributed by atoms with van der Waals surface area (Å²) in [6.07, 6.45) is 0. The molecule has 0 spiro atoms. The molecule has 3 rings (SSSR count). The van der Waals surface area contributed by atoms with Crippen molar-refractivity contribution in [2.75, 3.05) is 5.32 Å². The summed E-state index contributed by atoms with van der Waals surface area (Å²) < 4.78 is 5.48. The van der Waals surface area contributed by atoms with Gasteiger partial charge < -0.3 is 4.42 Å². The van der Waals surface area contributed by atoms with Gasteiger partial charge in [-0.15, -0.1) is 10.2 Å². The molecule has 0 bridgehead atoms. The standard InChI is InChI=1S/C14H11N3O3S/c1-7-3-4-11-9(5-7)10(18)6-12(20-11)13(19)15-14-17-16-8(2)21-14/h3-6H,1-2H3,(H,15,17,19). The highest BCUT2D eigenvalue weighted by atomic mass is 32.1. The maximum atomic E-state index is 12.1. The highest BCUT2D eigenvalue weighted by Gasteiger charge is 2.14. The number of hydrogen-bond donors (Lipinski definition) is 1. The molecule has 2 aromatic heterocycles. The van der Waals surface area contributed by atoms with Crippen molar-refractivity contribution in [3.63, 3.8) is 0 Å². The summed E-state index contributed by atoms with van der Waals surface area (Å²) in [5.74, 6) is -0.574. The van der Waals surface area contributed by atoms with Crippen molar-refractivity contribution >= 4 is 33.3 Å². The summed E-state index contributed by atoms with van der Waals surface area (Å²) in [7, 11) is 0. The number of nitrogens with one attached hydrogen (secondary N) is 1. The minimum absolute atomic E-state index is 0.0517. The molecule has 0 aliphatic carbocycles. The van der Waals surface area contributed by atoms with E-state index in [0.29, 0.717) is 16.1 Å². The first-order valence-electron chi connectivity index (χ1n) is 6.19. The van der Waals surface area contributed by atoms with Crippen molar-refractivity contribution in [2.24, 2.45) is 0 Å². The van der Waals surface area contributed by atoms with Gasteiger partial charge in [-0.1, -0.05) is 23.0 Å². The Hall–Kier alpha value is -2.54. The lowest BCUT2D eigenvalue weighted by Gasteiger charge is -2.03. The minimum Gasteiger partial charge on any atom is -0.451 e. The van der Waals surface area contributed by atoms with Gasteiger partial charge in [0.25, 0.3) is 5.91 Å². The van der Waals surface area contributed by atoms with E-state index in [9.17, 15) is 9.59 Å². The highest BCUT2D eigenvalue weighted by Crippen LogP contribution is 2.17. The van der Waals surface area contributed by atoms with Gasteiger partial charge in [-0.25, -0.2) is 0 Å². The lowest BCUT2D eigenvalue weighted by Crippen LogP contribution is -2.14. The zero-order chi connectivity index (χ0) is 15.0. The maximum absolute atomic E-state index is 12.1. The maximum Gasteiger partial charge on any atom is 0.293 e. The van der Waals surface area contributed by atoms with E-state index in [2.05, 4.69) is 15.5 Å².